The summed E-state index contributed by atoms with van der Waals surface area (Å²) in [4.78, 5) is 0. The van der Waals surface area contributed by atoms with Gasteiger partial charge >= 0.3 is 0 Å². The first-order valence-corrected chi connectivity index (χ1v) is 6.68. The van der Waals surface area contributed by atoms with Crippen LogP contribution in [0.3, 0.4) is 0 Å². The van der Waals surface area contributed by atoms with Crippen molar-refractivity contribution in [2.75, 3.05) is 27.4 Å². The second-order valence-corrected chi connectivity index (χ2v) is 4.81. The summed E-state index contributed by atoms with van der Waals surface area (Å²) in [5.74, 6) is 12.5. The number of ether oxygens (including phenoxy) is 2. The van der Waals surface area contributed by atoms with Crippen LogP contribution in [0.4, 0.5) is 0 Å². The molecular formula is C18H22O2. The standard InChI is InChI=1S/C18H22O2/c1-4-5-13-18(15-19-2,16-20-3)14-9-12-17-10-7-6-8-11-17/h6-8,10-11H,13-16H2,1-3H3. The van der Waals surface area contributed by atoms with Crippen LogP contribution in [-0.4, -0.2) is 27.4 Å². The Morgan fingerprint density at radius 3 is 2.10 bits per heavy atom. The Labute approximate surface area is 122 Å². The Hall–Kier alpha value is -1.74. The number of rotatable bonds is 6. The van der Waals surface area contributed by atoms with Crippen molar-refractivity contribution in [3.05, 3.63) is 35.9 Å². The van der Waals surface area contributed by atoms with E-state index in [2.05, 4.69) is 23.7 Å². The minimum atomic E-state index is -0.158. The molecule has 0 unspecified atom stereocenters. The molecule has 2 nitrogen and oxygen atoms in total. The van der Waals surface area contributed by atoms with Crippen LogP contribution < -0.4 is 0 Å². The Kier molecular flexibility index (Phi) is 7.51. The molecule has 0 aromatic heterocycles. The van der Waals surface area contributed by atoms with Crippen LogP contribution in [0.25, 0.3) is 0 Å². The molecule has 20 heavy (non-hydrogen) atoms. The van der Waals surface area contributed by atoms with Crippen molar-refractivity contribution in [2.24, 2.45) is 5.41 Å². The molecule has 1 aromatic rings. The largest absolute Gasteiger partial charge is 0.384 e. The van der Waals surface area contributed by atoms with Crippen LogP contribution in [-0.2, 0) is 9.47 Å². The van der Waals surface area contributed by atoms with Crippen molar-refractivity contribution >= 4 is 0 Å². The van der Waals surface area contributed by atoms with Gasteiger partial charge in [0.2, 0.25) is 0 Å². The minimum Gasteiger partial charge on any atom is -0.384 e. The van der Waals surface area contributed by atoms with E-state index in [4.69, 9.17) is 9.47 Å². The van der Waals surface area contributed by atoms with Gasteiger partial charge in [0.25, 0.3) is 0 Å². The highest BCUT2D eigenvalue weighted by atomic mass is 16.5. The zero-order chi connectivity index (χ0) is 14.7. The summed E-state index contributed by atoms with van der Waals surface area (Å²) in [6, 6.07) is 9.98. The van der Waals surface area contributed by atoms with Gasteiger partial charge < -0.3 is 9.47 Å². The van der Waals surface area contributed by atoms with Gasteiger partial charge in [-0.2, -0.15) is 0 Å². The van der Waals surface area contributed by atoms with E-state index < -0.39 is 0 Å². The fourth-order valence-electron chi connectivity index (χ4n) is 2.05. The highest BCUT2D eigenvalue weighted by Crippen LogP contribution is 2.27. The van der Waals surface area contributed by atoms with Gasteiger partial charge in [-0.3, -0.25) is 0 Å². The molecule has 1 aromatic carbocycles. The summed E-state index contributed by atoms with van der Waals surface area (Å²) in [5.41, 5.74) is 0.867. The lowest BCUT2D eigenvalue weighted by molar-refractivity contribution is 0.0164. The topological polar surface area (TPSA) is 18.5 Å². The van der Waals surface area contributed by atoms with Crippen molar-refractivity contribution in [3.8, 4) is 23.7 Å². The SMILES string of the molecule is CC#CCC(CC#Cc1ccccc1)(COC)COC. The van der Waals surface area contributed by atoms with Gasteiger partial charge in [0.05, 0.1) is 13.2 Å². The molecule has 0 spiro atoms. The van der Waals surface area contributed by atoms with Crippen molar-refractivity contribution in [1.82, 2.24) is 0 Å². The van der Waals surface area contributed by atoms with E-state index >= 15 is 0 Å². The van der Waals surface area contributed by atoms with Gasteiger partial charge in [-0.1, -0.05) is 30.0 Å². The second kappa shape index (κ2) is 9.21. The molecule has 0 saturated heterocycles. The maximum atomic E-state index is 5.34. The first-order valence-electron chi connectivity index (χ1n) is 6.68. The normalized spacial score (nSPS) is 10.2. The maximum absolute atomic E-state index is 5.34. The van der Waals surface area contributed by atoms with Crippen LogP contribution in [0.1, 0.15) is 25.3 Å². The molecule has 0 aliphatic rings. The monoisotopic (exact) mass is 270 g/mol. The van der Waals surface area contributed by atoms with Crippen molar-refractivity contribution in [2.45, 2.75) is 19.8 Å². The van der Waals surface area contributed by atoms with E-state index in [0.29, 0.717) is 19.6 Å². The molecule has 106 valence electrons. The molecule has 0 aliphatic heterocycles. The first-order chi connectivity index (χ1) is 9.76. The molecule has 0 fully saturated rings. The number of methoxy groups -OCH3 is 2. The van der Waals surface area contributed by atoms with Crippen molar-refractivity contribution in [3.63, 3.8) is 0 Å². The van der Waals surface area contributed by atoms with E-state index in [0.717, 1.165) is 12.0 Å². The minimum absolute atomic E-state index is 0.158. The average molecular weight is 270 g/mol. The summed E-state index contributed by atoms with van der Waals surface area (Å²) >= 11 is 0. The summed E-state index contributed by atoms with van der Waals surface area (Å²) in [7, 11) is 3.41. The van der Waals surface area contributed by atoms with Crippen molar-refractivity contribution < 1.29 is 9.47 Å². The highest BCUT2D eigenvalue weighted by molar-refractivity contribution is 5.33. The van der Waals surface area contributed by atoms with Crippen LogP contribution in [0, 0.1) is 29.1 Å². The average Bonchev–Trinajstić information content (AvgIpc) is 2.47. The van der Waals surface area contributed by atoms with Gasteiger partial charge in [-0.25, -0.2) is 0 Å². The summed E-state index contributed by atoms with van der Waals surface area (Å²) in [6.07, 6.45) is 1.44. The van der Waals surface area contributed by atoms with E-state index in [1.165, 1.54) is 0 Å². The Bertz CT molecular complexity index is 491. The quantitative estimate of drug-likeness (QED) is 0.739. The fourth-order valence-corrected chi connectivity index (χ4v) is 2.05. The van der Waals surface area contributed by atoms with Gasteiger partial charge in [0.15, 0.2) is 0 Å². The number of hydrogen-bond acceptors (Lipinski definition) is 2. The molecule has 0 bridgehead atoms. The third kappa shape index (κ3) is 5.49. The van der Waals surface area contributed by atoms with E-state index in [9.17, 15) is 0 Å². The smallest absolute Gasteiger partial charge is 0.0559 e. The molecule has 1 rings (SSSR count). The molecule has 0 N–H and O–H groups in total. The summed E-state index contributed by atoms with van der Waals surface area (Å²) < 4.78 is 10.7. The molecule has 0 radical (unpaired) electrons. The molecule has 0 heterocycles. The van der Waals surface area contributed by atoms with Gasteiger partial charge in [0, 0.05) is 38.0 Å². The van der Waals surface area contributed by atoms with Crippen molar-refractivity contribution in [1.29, 1.82) is 0 Å². The molecule has 0 atom stereocenters. The number of hydrogen-bond donors (Lipinski definition) is 0. The Balaban J connectivity index is 2.81. The van der Waals surface area contributed by atoms with Gasteiger partial charge in [0.1, 0.15) is 0 Å². The molecule has 2 heteroatoms. The Morgan fingerprint density at radius 1 is 0.950 bits per heavy atom. The predicted octanol–water partition coefficient (Wildman–Crippen LogP) is 3.12. The lowest BCUT2D eigenvalue weighted by Gasteiger charge is -2.28. The lowest BCUT2D eigenvalue weighted by Crippen LogP contribution is -2.31. The fraction of sp³-hybridized carbons (Fsp3) is 0.444. The third-order valence-electron chi connectivity index (χ3n) is 3.01. The zero-order valence-electron chi connectivity index (χ0n) is 12.5. The lowest BCUT2D eigenvalue weighted by atomic mass is 9.83. The molecular weight excluding hydrogens is 248 g/mol. The van der Waals surface area contributed by atoms with Crippen LogP contribution in [0.2, 0.25) is 0 Å². The Morgan fingerprint density at radius 2 is 1.55 bits per heavy atom. The maximum Gasteiger partial charge on any atom is 0.0559 e. The molecule has 0 aliphatic carbocycles. The van der Waals surface area contributed by atoms with Crippen LogP contribution in [0.15, 0.2) is 30.3 Å². The molecule has 0 saturated carbocycles. The van der Waals surface area contributed by atoms with Gasteiger partial charge in [-0.15, -0.1) is 11.8 Å². The third-order valence-corrected chi connectivity index (χ3v) is 3.01. The van der Waals surface area contributed by atoms with E-state index in [1.807, 2.05) is 37.3 Å². The van der Waals surface area contributed by atoms with E-state index in [1.54, 1.807) is 14.2 Å². The highest BCUT2D eigenvalue weighted by Gasteiger charge is 2.28. The van der Waals surface area contributed by atoms with Gasteiger partial charge in [-0.05, 0) is 19.1 Å². The predicted molar refractivity (Wildman–Crippen MR) is 82.2 cm³/mol. The summed E-state index contributed by atoms with van der Waals surface area (Å²) in [5, 5.41) is 0. The summed E-state index contributed by atoms with van der Waals surface area (Å²) in [6.45, 7) is 3.04. The van der Waals surface area contributed by atoms with Crippen LogP contribution in [0.5, 0.6) is 0 Å². The van der Waals surface area contributed by atoms with Crippen LogP contribution >= 0.6 is 0 Å². The number of benzene rings is 1. The second-order valence-electron chi connectivity index (χ2n) is 4.81. The molecule has 0 amide bonds. The van der Waals surface area contributed by atoms with E-state index in [-0.39, 0.29) is 5.41 Å². The first kappa shape index (κ1) is 16.3. The zero-order valence-corrected chi connectivity index (χ0v) is 12.5.